The maximum Gasteiger partial charge on any atom is 0.416 e. The molecule has 0 radical (unpaired) electrons. The van der Waals surface area contributed by atoms with Gasteiger partial charge in [0.05, 0.1) is 5.56 Å². The molecule has 2 nitrogen and oxygen atoms in total. The normalized spacial score (nSPS) is 11.6. The third-order valence-corrected chi connectivity index (χ3v) is 2.96. The molecule has 0 aliphatic rings. The molecule has 1 aromatic rings. The number of aliphatic hydroxyl groups excluding tert-OH is 1. The van der Waals surface area contributed by atoms with E-state index in [0.29, 0.717) is 12.2 Å². The smallest absolute Gasteiger partial charge is 0.396 e. The lowest BCUT2D eigenvalue weighted by molar-refractivity contribution is -0.138. The first kappa shape index (κ1) is 15.8. The van der Waals surface area contributed by atoms with Gasteiger partial charge in [-0.25, -0.2) is 0 Å². The van der Waals surface area contributed by atoms with Crippen LogP contribution in [0.2, 0.25) is 0 Å². The van der Waals surface area contributed by atoms with E-state index in [0.717, 1.165) is 31.7 Å². The molecule has 5 heteroatoms. The quantitative estimate of drug-likeness (QED) is 0.738. The van der Waals surface area contributed by atoms with E-state index in [-0.39, 0.29) is 12.2 Å². The largest absolute Gasteiger partial charge is 0.416 e. The van der Waals surface area contributed by atoms with Gasteiger partial charge in [-0.1, -0.05) is 18.9 Å². The van der Waals surface area contributed by atoms with Crippen molar-refractivity contribution in [3.63, 3.8) is 0 Å². The maximum absolute atomic E-state index is 12.7. The third kappa shape index (κ3) is 5.51. The summed E-state index contributed by atoms with van der Waals surface area (Å²) in [5, 5.41) is 11.6. The number of hydrogen-bond acceptors (Lipinski definition) is 2. The van der Waals surface area contributed by atoms with Gasteiger partial charge >= 0.3 is 6.18 Å². The lowest BCUT2D eigenvalue weighted by Crippen LogP contribution is -2.09. The Hall–Kier alpha value is -1.23. The number of unbranched alkanes of at least 4 members (excludes halogenated alkanes) is 3. The fraction of sp³-hybridized carbons (Fsp3) is 0.571. The second kappa shape index (κ2) is 7.38. The number of alkyl halides is 3. The molecule has 0 saturated carbocycles. The van der Waals surface area contributed by atoms with Crippen LogP contribution in [0.15, 0.2) is 18.2 Å². The number of benzene rings is 1. The van der Waals surface area contributed by atoms with Crippen molar-refractivity contribution in [2.24, 2.45) is 0 Å². The highest BCUT2D eigenvalue weighted by molar-refractivity contribution is 5.49. The zero-order valence-electron chi connectivity index (χ0n) is 11.1. The highest BCUT2D eigenvalue weighted by Gasteiger charge is 2.32. The van der Waals surface area contributed by atoms with Gasteiger partial charge in [-0.3, -0.25) is 0 Å². The number of aryl methyl sites for hydroxylation is 1. The highest BCUT2D eigenvalue weighted by Crippen LogP contribution is 2.33. The Morgan fingerprint density at radius 3 is 2.42 bits per heavy atom. The monoisotopic (exact) mass is 275 g/mol. The lowest BCUT2D eigenvalue weighted by Gasteiger charge is -2.13. The summed E-state index contributed by atoms with van der Waals surface area (Å²) < 4.78 is 38.1. The van der Waals surface area contributed by atoms with Gasteiger partial charge in [0, 0.05) is 18.8 Å². The van der Waals surface area contributed by atoms with Crippen LogP contribution >= 0.6 is 0 Å². The molecular weight excluding hydrogens is 255 g/mol. The molecular formula is C14H20F3NO. The molecule has 0 aliphatic carbocycles. The standard InChI is InChI=1S/C14H20F3NO/c1-11-6-7-12(10-13(11)14(15,16)17)18-8-4-2-3-5-9-19/h6-7,10,18-19H,2-5,8-9H2,1H3. The zero-order chi connectivity index (χ0) is 14.3. The van der Waals surface area contributed by atoms with E-state index >= 15 is 0 Å². The molecule has 2 N–H and O–H groups in total. The Labute approximate surface area is 111 Å². The maximum atomic E-state index is 12.7. The molecule has 0 atom stereocenters. The van der Waals surface area contributed by atoms with E-state index < -0.39 is 11.7 Å². The molecule has 0 unspecified atom stereocenters. The van der Waals surface area contributed by atoms with Crippen molar-refractivity contribution in [1.29, 1.82) is 0 Å². The predicted molar refractivity (Wildman–Crippen MR) is 70.2 cm³/mol. The third-order valence-electron chi connectivity index (χ3n) is 2.96. The van der Waals surface area contributed by atoms with Crippen molar-refractivity contribution >= 4 is 5.69 Å². The number of anilines is 1. The summed E-state index contributed by atoms with van der Waals surface area (Å²) >= 11 is 0. The van der Waals surface area contributed by atoms with Gasteiger partial charge in [0.1, 0.15) is 0 Å². The second-order valence-electron chi connectivity index (χ2n) is 4.59. The van der Waals surface area contributed by atoms with Crippen LogP contribution in [0.3, 0.4) is 0 Å². The number of hydrogen-bond donors (Lipinski definition) is 2. The van der Waals surface area contributed by atoms with E-state index in [1.807, 2.05) is 0 Å². The van der Waals surface area contributed by atoms with Crippen molar-refractivity contribution in [3.8, 4) is 0 Å². The van der Waals surface area contributed by atoms with Crippen LogP contribution in [0, 0.1) is 6.92 Å². The molecule has 0 fully saturated rings. The zero-order valence-corrected chi connectivity index (χ0v) is 11.1. The van der Waals surface area contributed by atoms with E-state index in [9.17, 15) is 13.2 Å². The van der Waals surface area contributed by atoms with Gasteiger partial charge in [0.2, 0.25) is 0 Å². The molecule has 1 rings (SSSR count). The van der Waals surface area contributed by atoms with E-state index in [4.69, 9.17) is 5.11 Å². The first-order valence-electron chi connectivity index (χ1n) is 6.47. The topological polar surface area (TPSA) is 32.3 Å². The number of halogens is 3. The van der Waals surface area contributed by atoms with Crippen LogP contribution in [-0.2, 0) is 6.18 Å². The van der Waals surface area contributed by atoms with Crippen LogP contribution in [0.5, 0.6) is 0 Å². The number of rotatable bonds is 7. The second-order valence-corrected chi connectivity index (χ2v) is 4.59. The van der Waals surface area contributed by atoms with Crippen LogP contribution < -0.4 is 5.32 Å². The van der Waals surface area contributed by atoms with Crippen molar-refractivity contribution in [1.82, 2.24) is 0 Å². The molecule has 1 aromatic carbocycles. The fourth-order valence-electron chi connectivity index (χ4n) is 1.86. The van der Waals surface area contributed by atoms with Gasteiger partial charge in [0.25, 0.3) is 0 Å². The van der Waals surface area contributed by atoms with Crippen LogP contribution in [0.1, 0.15) is 36.8 Å². The molecule has 0 aromatic heterocycles. The lowest BCUT2D eigenvalue weighted by atomic mass is 10.1. The van der Waals surface area contributed by atoms with Gasteiger partial charge in [0.15, 0.2) is 0 Å². The molecule has 19 heavy (non-hydrogen) atoms. The molecule has 0 spiro atoms. The van der Waals surface area contributed by atoms with Crippen molar-refractivity contribution in [2.75, 3.05) is 18.5 Å². The molecule has 0 bridgehead atoms. The Kier molecular flexibility index (Phi) is 6.15. The summed E-state index contributed by atoms with van der Waals surface area (Å²) in [5.41, 5.74) is 0.152. The Morgan fingerprint density at radius 1 is 1.11 bits per heavy atom. The molecule has 0 amide bonds. The molecule has 108 valence electrons. The first-order chi connectivity index (χ1) is 8.95. The van der Waals surface area contributed by atoms with Gasteiger partial charge in [-0.2, -0.15) is 13.2 Å². The van der Waals surface area contributed by atoms with E-state index in [2.05, 4.69) is 5.32 Å². The first-order valence-corrected chi connectivity index (χ1v) is 6.47. The summed E-state index contributed by atoms with van der Waals surface area (Å²) in [5.74, 6) is 0. The Morgan fingerprint density at radius 2 is 1.79 bits per heavy atom. The van der Waals surface area contributed by atoms with Gasteiger partial charge in [-0.05, 0) is 37.5 Å². The number of aliphatic hydroxyl groups is 1. The average Bonchev–Trinajstić information content (AvgIpc) is 2.34. The predicted octanol–water partition coefficient (Wildman–Crippen LogP) is 3.98. The SMILES string of the molecule is Cc1ccc(NCCCCCCO)cc1C(F)(F)F. The van der Waals surface area contributed by atoms with Gasteiger partial charge < -0.3 is 10.4 Å². The fourth-order valence-corrected chi connectivity index (χ4v) is 1.86. The number of nitrogens with one attached hydrogen (secondary N) is 1. The van der Waals surface area contributed by atoms with Crippen LogP contribution in [0.4, 0.5) is 18.9 Å². The Bertz CT molecular complexity index is 391. The molecule has 0 heterocycles. The Balaban J connectivity index is 2.47. The average molecular weight is 275 g/mol. The van der Waals surface area contributed by atoms with Crippen LogP contribution in [-0.4, -0.2) is 18.3 Å². The van der Waals surface area contributed by atoms with Crippen molar-refractivity contribution in [2.45, 2.75) is 38.8 Å². The summed E-state index contributed by atoms with van der Waals surface area (Å²) in [4.78, 5) is 0. The van der Waals surface area contributed by atoms with Gasteiger partial charge in [-0.15, -0.1) is 0 Å². The van der Waals surface area contributed by atoms with Crippen molar-refractivity contribution < 1.29 is 18.3 Å². The summed E-state index contributed by atoms with van der Waals surface area (Å²) in [6, 6.07) is 4.30. The van der Waals surface area contributed by atoms with Crippen molar-refractivity contribution in [3.05, 3.63) is 29.3 Å². The molecule has 0 aliphatic heterocycles. The molecule has 0 saturated heterocycles. The minimum Gasteiger partial charge on any atom is -0.396 e. The minimum absolute atomic E-state index is 0.195. The highest BCUT2D eigenvalue weighted by atomic mass is 19.4. The summed E-state index contributed by atoms with van der Waals surface area (Å²) in [6.07, 6.45) is -0.730. The summed E-state index contributed by atoms with van der Waals surface area (Å²) in [6.45, 7) is 2.30. The van der Waals surface area contributed by atoms with E-state index in [1.165, 1.54) is 13.0 Å². The van der Waals surface area contributed by atoms with E-state index in [1.54, 1.807) is 6.07 Å². The summed E-state index contributed by atoms with van der Waals surface area (Å²) in [7, 11) is 0. The minimum atomic E-state index is -4.30. The van der Waals surface area contributed by atoms with Crippen LogP contribution in [0.25, 0.3) is 0 Å².